The summed E-state index contributed by atoms with van der Waals surface area (Å²) < 4.78 is 17.5. The molecule has 1 aliphatic rings. The van der Waals surface area contributed by atoms with Crippen LogP contribution in [0.15, 0.2) is 42.0 Å². The summed E-state index contributed by atoms with van der Waals surface area (Å²) in [5.41, 5.74) is 0.734. The number of hydrogen-bond donors (Lipinski definition) is 1. The molecule has 1 aliphatic heterocycles. The fourth-order valence-corrected chi connectivity index (χ4v) is 3.96. The number of nitrogens with zero attached hydrogens (tertiary/aromatic N) is 1. The predicted octanol–water partition coefficient (Wildman–Crippen LogP) is 4.54. The number of imide groups is 2. The van der Waals surface area contributed by atoms with Crippen LogP contribution in [0, 0.1) is 3.57 Å². The molecule has 0 atom stereocenters. The Morgan fingerprint density at radius 2 is 1.79 bits per heavy atom. The number of carbonyl (C=O) groups excluding carboxylic acids is 3. The molecule has 4 amide bonds. The molecule has 0 aliphatic carbocycles. The first-order valence-corrected chi connectivity index (χ1v) is 11.6. The Labute approximate surface area is 206 Å². The lowest BCUT2D eigenvalue weighted by atomic mass is 10.1. The van der Waals surface area contributed by atoms with Crippen molar-refractivity contribution in [3.05, 3.63) is 51.1 Å². The number of benzene rings is 2. The van der Waals surface area contributed by atoms with Gasteiger partial charge < -0.3 is 14.2 Å². The Kier molecular flexibility index (Phi) is 8.32. The van der Waals surface area contributed by atoms with Gasteiger partial charge in [-0.2, -0.15) is 0 Å². The van der Waals surface area contributed by atoms with E-state index in [1.54, 1.807) is 36.4 Å². The van der Waals surface area contributed by atoms with E-state index in [4.69, 9.17) is 14.2 Å². The zero-order valence-corrected chi connectivity index (χ0v) is 20.8. The molecule has 1 heterocycles. The number of amides is 4. The first kappa shape index (κ1) is 24.6. The van der Waals surface area contributed by atoms with Crippen LogP contribution in [0.5, 0.6) is 17.2 Å². The van der Waals surface area contributed by atoms with Crippen LogP contribution in [0.3, 0.4) is 0 Å². The number of nitrogens with one attached hydrogen (secondary N) is 1. The molecule has 2 aromatic carbocycles. The fourth-order valence-electron chi connectivity index (χ4n) is 3.18. The molecule has 1 saturated heterocycles. The highest BCUT2D eigenvalue weighted by Gasteiger charge is 2.36. The molecule has 0 saturated carbocycles. The third-order valence-corrected chi connectivity index (χ3v) is 5.62. The minimum atomic E-state index is -0.809. The lowest BCUT2D eigenvalue weighted by molar-refractivity contribution is -0.122. The van der Waals surface area contributed by atoms with Crippen LogP contribution in [0.25, 0.3) is 6.08 Å². The van der Waals surface area contributed by atoms with Gasteiger partial charge in [0, 0.05) is 0 Å². The molecule has 3 rings (SSSR count). The van der Waals surface area contributed by atoms with E-state index in [1.165, 1.54) is 13.2 Å². The molecule has 1 fully saturated rings. The first-order valence-electron chi connectivity index (χ1n) is 10.5. The molecule has 9 heteroatoms. The van der Waals surface area contributed by atoms with Crippen molar-refractivity contribution in [3.8, 4) is 17.2 Å². The summed E-state index contributed by atoms with van der Waals surface area (Å²) in [6, 6.07) is 9.11. The monoisotopic (exact) mass is 564 g/mol. The second kappa shape index (κ2) is 11.2. The number of ether oxygens (including phenoxy) is 3. The Morgan fingerprint density at radius 3 is 2.42 bits per heavy atom. The van der Waals surface area contributed by atoms with Crippen LogP contribution in [0.1, 0.15) is 32.3 Å². The van der Waals surface area contributed by atoms with Crippen LogP contribution < -0.4 is 24.4 Å². The number of hydrogen-bond acceptors (Lipinski definition) is 6. The molecule has 0 spiro atoms. The Hall–Kier alpha value is -3.08. The predicted molar refractivity (Wildman–Crippen MR) is 133 cm³/mol. The van der Waals surface area contributed by atoms with Gasteiger partial charge in [0.2, 0.25) is 0 Å². The lowest BCUT2D eigenvalue weighted by Crippen LogP contribution is -2.54. The third-order valence-electron chi connectivity index (χ3n) is 4.82. The van der Waals surface area contributed by atoms with Gasteiger partial charge in [0.15, 0.2) is 11.5 Å². The number of carbonyl (C=O) groups is 3. The van der Waals surface area contributed by atoms with Crippen molar-refractivity contribution >= 4 is 52.2 Å². The number of methoxy groups -OCH3 is 1. The van der Waals surface area contributed by atoms with Crippen LogP contribution in [-0.2, 0) is 9.59 Å². The standard InChI is InChI=1S/C24H25IN2O6/c1-4-6-11-33-21-19(25)13-15(14-20(21)32-5-2)12-18-22(28)26-24(30)27(23(18)29)16-7-9-17(31-3)10-8-16/h7-10,12-14H,4-6,11H2,1-3H3,(H,26,28,30)/b18-12+. The van der Waals surface area contributed by atoms with E-state index in [9.17, 15) is 14.4 Å². The van der Waals surface area contributed by atoms with E-state index >= 15 is 0 Å². The molecular formula is C24H25IN2O6. The van der Waals surface area contributed by atoms with Crippen LogP contribution >= 0.6 is 22.6 Å². The third kappa shape index (κ3) is 5.65. The van der Waals surface area contributed by atoms with Crippen LogP contribution in [-0.4, -0.2) is 38.2 Å². The highest BCUT2D eigenvalue weighted by Crippen LogP contribution is 2.35. The molecule has 8 nitrogen and oxygen atoms in total. The normalized spacial score (nSPS) is 15.0. The van der Waals surface area contributed by atoms with E-state index in [0.717, 1.165) is 21.3 Å². The Balaban J connectivity index is 1.96. The van der Waals surface area contributed by atoms with Gasteiger partial charge in [-0.1, -0.05) is 13.3 Å². The SMILES string of the molecule is CCCCOc1c(I)cc(/C=C2\C(=O)NC(=O)N(c3ccc(OC)cc3)C2=O)cc1OCC. The van der Waals surface area contributed by atoms with Crippen LogP contribution in [0.4, 0.5) is 10.5 Å². The van der Waals surface area contributed by atoms with Gasteiger partial charge in [-0.15, -0.1) is 0 Å². The molecule has 1 N–H and O–H groups in total. The summed E-state index contributed by atoms with van der Waals surface area (Å²) in [7, 11) is 1.52. The summed E-state index contributed by atoms with van der Waals surface area (Å²) in [4.78, 5) is 39.0. The van der Waals surface area contributed by atoms with Gasteiger partial charge in [0.25, 0.3) is 11.8 Å². The van der Waals surface area contributed by atoms with Crippen molar-refractivity contribution in [2.45, 2.75) is 26.7 Å². The maximum absolute atomic E-state index is 13.1. The van der Waals surface area contributed by atoms with E-state index in [0.29, 0.717) is 41.7 Å². The summed E-state index contributed by atoms with van der Waals surface area (Å²) in [5.74, 6) is 0.257. The number of rotatable bonds is 9. The smallest absolute Gasteiger partial charge is 0.335 e. The van der Waals surface area contributed by atoms with Gasteiger partial charge in [0.05, 0.1) is 29.6 Å². The van der Waals surface area contributed by atoms with Crippen molar-refractivity contribution in [1.29, 1.82) is 0 Å². The molecule has 2 aromatic rings. The Morgan fingerprint density at radius 1 is 1.06 bits per heavy atom. The van der Waals surface area contributed by atoms with Gasteiger partial charge in [-0.25, -0.2) is 9.69 Å². The summed E-state index contributed by atoms with van der Waals surface area (Å²) in [5, 5.41) is 2.23. The van der Waals surface area contributed by atoms with E-state index in [1.807, 2.05) is 6.92 Å². The first-order chi connectivity index (χ1) is 15.9. The maximum Gasteiger partial charge on any atom is 0.335 e. The second-order valence-corrected chi connectivity index (χ2v) is 8.28. The minimum absolute atomic E-state index is 0.164. The zero-order chi connectivity index (χ0) is 24.0. The van der Waals surface area contributed by atoms with Crippen molar-refractivity contribution in [2.75, 3.05) is 25.2 Å². The fraction of sp³-hybridized carbons (Fsp3) is 0.292. The number of anilines is 1. The van der Waals surface area contributed by atoms with Crippen molar-refractivity contribution < 1.29 is 28.6 Å². The number of barbiturate groups is 1. The quantitative estimate of drug-likeness (QED) is 0.208. The Bertz CT molecular complexity index is 1080. The largest absolute Gasteiger partial charge is 0.497 e. The zero-order valence-electron chi connectivity index (χ0n) is 18.6. The number of halogens is 1. The topological polar surface area (TPSA) is 94.2 Å². The van der Waals surface area contributed by atoms with Crippen molar-refractivity contribution in [3.63, 3.8) is 0 Å². The maximum atomic E-state index is 13.1. The summed E-state index contributed by atoms with van der Waals surface area (Å²) in [6.45, 7) is 4.94. The van der Waals surface area contributed by atoms with Crippen molar-refractivity contribution in [2.24, 2.45) is 0 Å². The van der Waals surface area contributed by atoms with E-state index < -0.39 is 17.8 Å². The highest BCUT2D eigenvalue weighted by molar-refractivity contribution is 14.1. The average molecular weight is 564 g/mol. The molecule has 0 radical (unpaired) electrons. The molecule has 0 aromatic heterocycles. The van der Waals surface area contributed by atoms with Gasteiger partial charge in [-0.3, -0.25) is 14.9 Å². The molecule has 0 unspecified atom stereocenters. The minimum Gasteiger partial charge on any atom is -0.497 e. The number of unbranched alkanes of at least 4 members (excludes halogenated alkanes) is 1. The molecule has 0 bridgehead atoms. The summed E-state index contributed by atoms with van der Waals surface area (Å²) in [6.07, 6.45) is 3.36. The molecule has 33 heavy (non-hydrogen) atoms. The lowest BCUT2D eigenvalue weighted by Gasteiger charge is -2.26. The molecular weight excluding hydrogens is 539 g/mol. The number of urea groups is 1. The van der Waals surface area contributed by atoms with E-state index in [-0.39, 0.29) is 5.57 Å². The molecule has 174 valence electrons. The summed E-state index contributed by atoms with van der Waals surface area (Å²) >= 11 is 2.13. The van der Waals surface area contributed by atoms with Gasteiger partial charge >= 0.3 is 6.03 Å². The van der Waals surface area contributed by atoms with Crippen LogP contribution in [0.2, 0.25) is 0 Å². The van der Waals surface area contributed by atoms with Crippen molar-refractivity contribution in [1.82, 2.24) is 5.32 Å². The van der Waals surface area contributed by atoms with E-state index in [2.05, 4.69) is 34.8 Å². The second-order valence-electron chi connectivity index (χ2n) is 7.12. The van der Waals surface area contributed by atoms with Gasteiger partial charge in [0.1, 0.15) is 11.3 Å². The highest BCUT2D eigenvalue weighted by atomic mass is 127. The average Bonchev–Trinajstić information content (AvgIpc) is 2.79. The van der Waals surface area contributed by atoms with Gasteiger partial charge in [-0.05, 0) is 84.0 Å².